The Hall–Kier alpha value is -1.13. The molecule has 0 bridgehead atoms. The molecule has 72 valence electrons. The first-order valence-corrected chi connectivity index (χ1v) is 4.35. The van der Waals surface area contributed by atoms with Gasteiger partial charge in [0.05, 0.1) is 10.6 Å². The summed E-state index contributed by atoms with van der Waals surface area (Å²) in [6.07, 6.45) is 1.10. The van der Waals surface area contributed by atoms with Gasteiger partial charge in [-0.2, -0.15) is 4.98 Å². The number of halogens is 3. The highest BCUT2D eigenvalue weighted by molar-refractivity contribution is 6.36. The van der Waals surface area contributed by atoms with Crippen molar-refractivity contribution in [2.75, 3.05) is 0 Å². The predicted octanol–water partition coefficient (Wildman–Crippen LogP) is 3.18. The monoisotopic (exact) mass is 232 g/mol. The summed E-state index contributed by atoms with van der Waals surface area (Å²) in [5, 5.41) is 3.86. The molecule has 0 fully saturated rings. The Balaban J connectivity index is 2.64. The average Bonchev–Trinajstić information content (AvgIpc) is 2.54. The maximum atomic E-state index is 13.4. The summed E-state index contributed by atoms with van der Waals surface area (Å²) in [6.45, 7) is 0. The van der Waals surface area contributed by atoms with Gasteiger partial charge in [0.1, 0.15) is 5.82 Å². The molecular weight excluding hydrogens is 230 g/mol. The Bertz CT molecular complexity index is 435. The van der Waals surface area contributed by atoms with Gasteiger partial charge in [0.2, 0.25) is 12.2 Å². The number of hydrogen-bond donors (Lipinski definition) is 0. The van der Waals surface area contributed by atoms with Gasteiger partial charge in [-0.3, -0.25) is 0 Å². The first-order valence-electron chi connectivity index (χ1n) is 3.60. The molecular formula is C8H3Cl2FN2O. The van der Waals surface area contributed by atoms with Gasteiger partial charge in [-0.05, 0) is 12.1 Å². The smallest absolute Gasteiger partial charge is 0.214 e. The van der Waals surface area contributed by atoms with E-state index in [2.05, 4.69) is 14.7 Å². The van der Waals surface area contributed by atoms with E-state index in [1.165, 1.54) is 6.07 Å². The third-order valence-corrected chi connectivity index (χ3v) is 2.11. The number of rotatable bonds is 1. The van der Waals surface area contributed by atoms with Crippen molar-refractivity contribution in [3.05, 3.63) is 34.4 Å². The fourth-order valence-electron chi connectivity index (χ4n) is 1.04. The lowest BCUT2D eigenvalue weighted by molar-refractivity contribution is 0.418. The zero-order valence-electron chi connectivity index (χ0n) is 6.67. The second-order valence-corrected chi connectivity index (χ2v) is 3.34. The van der Waals surface area contributed by atoms with Crippen molar-refractivity contribution in [3.8, 4) is 11.4 Å². The lowest BCUT2D eigenvalue weighted by Gasteiger charge is -2.01. The molecule has 2 rings (SSSR count). The molecule has 14 heavy (non-hydrogen) atoms. The quantitative estimate of drug-likeness (QED) is 0.759. The Kier molecular flexibility index (Phi) is 2.39. The van der Waals surface area contributed by atoms with Crippen LogP contribution in [0.4, 0.5) is 4.39 Å². The van der Waals surface area contributed by atoms with Gasteiger partial charge in [0.15, 0.2) is 0 Å². The van der Waals surface area contributed by atoms with Crippen molar-refractivity contribution in [1.29, 1.82) is 0 Å². The molecule has 1 heterocycles. The van der Waals surface area contributed by atoms with Crippen LogP contribution in [0.3, 0.4) is 0 Å². The molecule has 0 atom stereocenters. The average molecular weight is 233 g/mol. The van der Waals surface area contributed by atoms with Gasteiger partial charge in [-0.15, -0.1) is 0 Å². The molecule has 0 radical (unpaired) electrons. The summed E-state index contributed by atoms with van der Waals surface area (Å²) in [7, 11) is 0. The molecule has 0 aliphatic rings. The Labute approximate surface area is 88.4 Å². The first kappa shape index (κ1) is 9.43. The SMILES string of the molecule is Fc1cc(Cl)cc(Cl)c1-c1ncon1. The fraction of sp³-hybridized carbons (Fsp3) is 0. The summed E-state index contributed by atoms with van der Waals surface area (Å²) in [6, 6.07) is 2.55. The highest BCUT2D eigenvalue weighted by Gasteiger charge is 2.14. The molecule has 0 N–H and O–H groups in total. The molecule has 0 unspecified atom stereocenters. The second-order valence-electron chi connectivity index (χ2n) is 2.50. The van der Waals surface area contributed by atoms with Crippen LogP contribution in [0.1, 0.15) is 0 Å². The van der Waals surface area contributed by atoms with Gasteiger partial charge in [-0.25, -0.2) is 4.39 Å². The Morgan fingerprint density at radius 1 is 1.29 bits per heavy atom. The molecule has 3 nitrogen and oxygen atoms in total. The van der Waals surface area contributed by atoms with Crippen LogP contribution in [0.25, 0.3) is 11.4 Å². The van der Waals surface area contributed by atoms with E-state index in [0.717, 1.165) is 12.5 Å². The molecule has 0 aliphatic carbocycles. The largest absolute Gasteiger partial charge is 0.342 e. The summed E-state index contributed by atoms with van der Waals surface area (Å²) < 4.78 is 17.9. The molecule has 1 aromatic carbocycles. The van der Waals surface area contributed by atoms with Crippen LogP contribution in [0.5, 0.6) is 0 Å². The number of nitrogens with zero attached hydrogens (tertiary/aromatic N) is 2. The van der Waals surface area contributed by atoms with E-state index in [0.29, 0.717) is 0 Å². The van der Waals surface area contributed by atoms with Crippen LogP contribution < -0.4 is 0 Å². The first-order chi connectivity index (χ1) is 6.68. The molecule has 2 aromatic rings. The van der Waals surface area contributed by atoms with Gasteiger partial charge in [0.25, 0.3) is 0 Å². The van der Waals surface area contributed by atoms with E-state index in [-0.39, 0.29) is 21.4 Å². The van der Waals surface area contributed by atoms with Crippen molar-refractivity contribution in [1.82, 2.24) is 10.1 Å². The van der Waals surface area contributed by atoms with E-state index in [1.54, 1.807) is 0 Å². The standard InChI is InChI=1S/C8H3Cl2FN2O/c9-4-1-5(10)7(6(11)2-4)8-12-3-14-13-8/h1-3H. The van der Waals surface area contributed by atoms with E-state index >= 15 is 0 Å². The van der Waals surface area contributed by atoms with E-state index in [1.807, 2.05) is 0 Å². The minimum atomic E-state index is -0.580. The van der Waals surface area contributed by atoms with E-state index in [9.17, 15) is 4.39 Å². The van der Waals surface area contributed by atoms with Crippen molar-refractivity contribution in [2.24, 2.45) is 0 Å². The minimum Gasteiger partial charge on any atom is -0.342 e. The fourth-order valence-corrected chi connectivity index (χ4v) is 1.59. The zero-order chi connectivity index (χ0) is 10.1. The maximum absolute atomic E-state index is 13.4. The molecule has 0 amide bonds. The van der Waals surface area contributed by atoms with E-state index < -0.39 is 5.82 Å². The molecule has 0 saturated heterocycles. The van der Waals surface area contributed by atoms with Crippen molar-refractivity contribution >= 4 is 23.2 Å². The molecule has 0 saturated carbocycles. The Morgan fingerprint density at radius 2 is 2.07 bits per heavy atom. The van der Waals surface area contributed by atoms with Crippen LogP contribution in [0.2, 0.25) is 10.0 Å². The summed E-state index contributed by atoms with van der Waals surface area (Å²) in [5.74, 6) is -0.479. The summed E-state index contributed by atoms with van der Waals surface area (Å²) >= 11 is 11.4. The molecule has 1 aromatic heterocycles. The topological polar surface area (TPSA) is 38.9 Å². The molecule has 6 heteroatoms. The lowest BCUT2D eigenvalue weighted by atomic mass is 10.2. The number of aromatic nitrogens is 2. The molecule has 0 aliphatic heterocycles. The van der Waals surface area contributed by atoms with Crippen molar-refractivity contribution in [3.63, 3.8) is 0 Å². The van der Waals surface area contributed by atoms with Gasteiger partial charge in [0, 0.05) is 5.02 Å². The highest BCUT2D eigenvalue weighted by atomic mass is 35.5. The minimum absolute atomic E-state index is 0.0878. The summed E-state index contributed by atoms with van der Waals surface area (Å²) in [5.41, 5.74) is 0.0878. The van der Waals surface area contributed by atoms with Crippen LogP contribution in [-0.2, 0) is 0 Å². The lowest BCUT2D eigenvalue weighted by Crippen LogP contribution is -1.88. The zero-order valence-corrected chi connectivity index (χ0v) is 8.18. The van der Waals surface area contributed by atoms with Crippen molar-refractivity contribution in [2.45, 2.75) is 0 Å². The highest BCUT2D eigenvalue weighted by Crippen LogP contribution is 2.30. The van der Waals surface area contributed by atoms with Gasteiger partial charge >= 0.3 is 0 Å². The van der Waals surface area contributed by atoms with Crippen LogP contribution >= 0.6 is 23.2 Å². The predicted molar refractivity (Wildman–Crippen MR) is 49.7 cm³/mol. The van der Waals surface area contributed by atoms with Crippen molar-refractivity contribution < 1.29 is 8.91 Å². The van der Waals surface area contributed by atoms with Crippen LogP contribution in [0, 0.1) is 5.82 Å². The second kappa shape index (κ2) is 3.55. The third-order valence-electron chi connectivity index (χ3n) is 1.59. The number of hydrogen-bond acceptors (Lipinski definition) is 3. The maximum Gasteiger partial charge on any atom is 0.214 e. The number of benzene rings is 1. The Morgan fingerprint density at radius 3 is 2.64 bits per heavy atom. The molecule has 0 spiro atoms. The van der Waals surface area contributed by atoms with E-state index in [4.69, 9.17) is 23.2 Å². The van der Waals surface area contributed by atoms with Gasteiger partial charge < -0.3 is 4.52 Å². The third kappa shape index (κ3) is 1.58. The van der Waals surface area contributed by atoms with Crippen LogP contribution in [-0.4, -0.2) is 10.1 Å². The van der Waals surface area contributed by atoms with Crippen LogP contribution in [0.15, 0.2) is 23.0 Å². The summed E-state index contributed by atoms with van der Waals surface area (Å²) in [4.78, 5) is 3.69. The van der Waals surface area contributed by atoms with Gasteiger partial charge in [-0.1, -0.05) is 28.4 Å². The normalized spacial score (nSPS) is 10.5.